The predicted molar refractivity (Wildman–Crippen MR) is 53.3 cm³/mol. The summed E-state index contributed by atoms with van der Waals surface area (Å²) >= 11 is 0. The average Bonchev–Trinajstić information content (AvgIpc) is 2.50. The fourth-order valence-corrected chi connectivity index (χ4v) is 1.08. The first-order valence-corrected chi connectivity index (χ1v) is 4.66. The molecule has 4 heteroatoms. The maximum absolute atomic E-state index is 5.43. The van der Waals surface area contributed by atoms with Crippen LogP contribution in [0.25, 0.3) is 0 Å². The van der Waals surface area contributed by atoms with E-state index in [1.54, 1.807) is 0 Å². The zero-order chi connectivity index (χ0) is 9.68. The van der Waals surface area contributed by atoms with E-state index in [0.717, 1.165) is 18.8 Å². The van der Waals surface area contributed by atoms with E-state index in [-0.39, 0.29) is 0 Å². The summed E-state index contributed by atoms with van der Waals surface area (Å²) in [4.78, 5) is 4.25. The van der Waals surface area contributed by atoms with Crippen LogP contribution in [0.2, 0.25) is 0 Å². The van der Waals surface area contributed by atoms with Gasteiger partial charge in [0.15, 0.2) is 0 Å². The van der Waals surface area contributed by atoms with Crippen LogP contribution in [-0.4, -0.2) is 22.1 Å². The summed E-state index contributed by atoms with van der Waals surface area (Å²) in [7, 11) is 0. The topological polar surface area (TPSA) is 55.9 Å². The molecule has 3 N–H and O–H groups in total. The maximum Gasteiger partial charge on any atom is 0.0950 e. The van der Waals surface area contributed by atoms with Gasteiger partial charge in [-0.05, 0) is 0 Å². The Hall–Kier alpha value is -0.870. The number of nitrogens with zero attached hydrogens (tertiary/aromatic N) is 2. The first kappa shape index (κ1) is 10.2. The van der Waals surface area contributed by atoms with Crippen LogP contribution < -0.4 is 11.1 Å². The average molecular weight is 182 g/mol. The number of aromatic nitrogens is 2. The highest BCUT2D eigenvalue weighted by atomic mass is 15.1. The summed E-state index contributed by atoms with van der Waals surface area (Å²) in [6.07, 6.45) is 3.85. The molecule has 1 rings (SSSR count). The van der Waals surface area contributed by atoms with Gasteiger partial charge in [0.25, 0.3) is 0 Å². The van der Waals surface area contributed by atoms with Gasteiger partial charge in [0.1, 0.15) is 0 Å². The lowest BCUT2D eigenvalue weighted by atomic mass is 10.3. The molecule has 0 fully saturated rings. The first-order chi connectivity index (χ1) is 6.22. The van der Waals surface area contributed by atoms with Crippen LogP contribution in [-0.2, 0) is 13.1 Å². The molecule has 0 aliphatic carbocycles. The minimum Gasteiger partial charge on any atom is -0.336 e. The van der Waals surface area contributed by atoms with E-state index < -0.39 is 0 Å². The molecule has 0 amide bonds. The van der Waals surface area contributed by atoms with Gasteiger partial charge >= 0.3 is 0 Å². The molecule has 0 bridgehead atoms. The van der Waals surface area contributed by atoms with Crippen LogP contribution in [0, 0.1) is 0 Å². The first-order valence-electron chi connectivity index (χ1n) is 4.66. The lowest BCUT2D eigenvalue weighted by molar-refractivity contribution is 0.582. The third-order valence-electron chi connectivity index (χ3n) is 1.77. The van der Waals surface area contributed by atoms with Crippen molar-refractivity contribution in [3.05, 3.63) is 18.2 Å². The Morgan fingerprint density at radius 3 is 3.00 bits per heavy atom. The number of nitrogens with two attached hydrogens (primary N) is 1. The molecule has 0 spiro atoms. The minimum atomic E-state index is 0.500. The molecule has 1 aromatic rings. The summed E-state index contributed by atoms with van der Waals surface area (Å²) in [5, 5.41) is 3.31. The standard InChI is InChI=1S/C9H18N4/c1-8(2)11-5-9-6-13(4-3-10)7-12-9/h6-8,11H,3-5,10H2,1-2H3. The van der Waals surface area contributed by atoms with Gasteiger partial charge < -0.3 is 15.6 Å². The van der Waals surface area contributed by atoms with Crippen molar-refractivity contribution in [1.29, 1.82) is 0 Å². The molecule has 1 aromatic heterocycles. The quantitative estimate of drug-likeness (QED) is 0.690. The van der Waals surface area contributed by atoms with E-state index in [9.17, 15) is 0 Å². The summed E-state index contributed by atoms with van der Waals surface area (Å²) in [5.41, 5.74) is 6.50. The number of nitrogens with one attached hydrogen (secondary N) is 1. The number of imidazole rings is 1. The third-order valence-corrected chi connectivity index (χ3v) is 1.77. The van der Waals surface area contributed by atoms with E-state index in [2.05, 4.69) is 24.1 Å². The van der Waals surface area contributed by atoms with Gasteiger partial charge in [-0.1, -0.05) is 13.8 Å². The van der Waals surface area contributed by atoms with Gasteiger partial charge in [0.2, 0.25) is 0 Å². The van der Waals surface area contributed by atoms with Crippen LogP contribution in [0.1, 0.15) is 19.5 Å². The second-order valence-corrected chi connectivity index (χ2v) is 3.43. The molecule has 0 aromatic carbocycles. The van der Waals surface area contributed by atoms with Gasteiger partial charge in [-0.25, -0.2) is 4.98 Å². The second kappa shape index (κ2) is 4.99. The Balaban J connectivity index is 2.39. The number of rotatable bonds is 5. The second-order valence-electron chi connectivity index (χ2n) is 3.43. The Kier molecular flexibility index (Phi) is 3.92. The molecule has 4 nitrogen and oxygen atoms in total. The van der Waals surface area contributed by atoms with Gasteiger partial charge in [-0.3, -0.25) is 0 Å². The minimum absolute atomic E-state index is 0.500. The molecule has 0 radical (unpaired) electrons. The molecule has 74 valence electrons. The molecule has 0 saturated heterocycles. The highest BCUT2D eigenvalue weighted by Gasteiger charge is 1.98. The molecule has 0 aliphatic heterocycles. The van der Waals surface area contributed by atoms with Crippen LogP contribution in [0.3, 0.4) is 0 Å². The Bertz CT molecular complexity index is 242. The van der Waals surface area contributed by atoms with Crippen molar-refractivity contribution in [2.24, 2.45) is 5.73 Å². The van der Waals surface area contributed by atoms with E-state index in [4.69, 9.17) is 5.73 Å². The van der Waals surface area contributed by atoms with Crippen molar-refractivity contribution in [2.45, 2.75) is 33.0 Å². The molecule has 1 heterocycles. The van der Waals surface area contributed by atoms with Gasteiger partial charge in [0.05, 0.1) is 12.0 Å². The molecule has 0 aliphatic rings. The molecular weight excluding hydrogens is 164 g/mol. The van der Waals surface area contributed by atoms with Crippen molar-refractivity contribution in [1.82, 2.24) is 14.9 Å². The SMILES string of the molecule is CC(C)NCc1cn(CCN)cn1. The van der Waals surface area contributed by atoms with Crippen molar-refractivity contribution in [3.63, 3.8) is 0 Å². The fraction of sp³-hybridized carbons (Fsp3) is 0.667. The fourth-order valence-electron chi connectivity index (χ4n) is 1.08. The highest BCUT2D eigenvalue weighted by molar-refractivity contribution is 4.96. The van der Waals surface area contributed by atoms with Crippen LogP contribution in [0.15, 0.2) is 12.5 Å². The predicted octanol–water partition coefficient (Wildman–Crippen LogP) is 0.340. The molecule has 0 saturated carbocycles. The molecular formula is C9H18N4. The van der Waals surface area contributed by atoms with Crippen LogP contribution >= 0.6 is 0 Å². The van der Waals surface area contributed by atoms with Crippen LogP contribution in [0.4, 0.5) is 0 Å². The maximum atomic E-state index is 5.43. The highest BCUT2D eigenvalue weighted by Crippen LogP contribution is 1.95. The van der Waals surface area contributed by atoms with Gasteiger partial charge in [-0.2, -0.15) is 0 Å². The zero-order valence-electron chi connectivity index (χ0n) is 8.33. The van der Waals surface area contributed by atoms with Crippen molar-refractivity contribution < 1.29 is 0 Å². The largest absolute Gasteiger partial charge is 0.336 e. The smallest absolute Gasteiger partial charge is 0.0950 e. The molecule has 0 unspecified atom stereocenters. The lowest BCUT2D eigenvalue weighted by Gasteiger charge is -2.04. The van der Waals surface area contributed by atoms with Crippen molar-refractivity contribution >= 4 is 0 Å². The normalized spacial score (nSPS) is 11.1. The monoisotopic (exact) mass is 182 g/mol. The zero-order valence-corrected chi connectivity index (χ0v) is 8.33. The number of hydrogen-bond acceptors (Lipinski definition) is 3. The summed E-state index contributed by atoms with van der Waals surface area (Å²) in [5.74, 6) is 0. The summed E-state index contributed by atoms with van der Waals surface area (Å²) in [6, 6.07) is 0.500. The Labute approximate surface area is 79.1 Å². The van der Waals surface area contributed by atoms with E-state index in [0.29, 0.717) is 12.6 Å². The summed E-state index contributed by atoms with van der Waals surface area (Å²) < 4.78 is 2.01. The van der Waals surface area contributed by atoms with Crippen molar-refractivity contribution in [3.8, 4) is 0 Å². The molecule has 0 atom stereocenters. The van der Waals surface area contributed by atoms with Gasteiger partial charge in [0, 0.05) is 31.9 Å². The van der Waals surface area contributed by atoms with E-state index in [1.807, 2.05) is 17.1 Å². The number of hydrogen-bond donors (Lipinski definition) is 2. The van der Waals surface area contributed by atoms with Crippen molar-refractivity contribution in [2.75, 3.05) is 6.54 Å². The van der Waals surface area contributed by atoms with Crippen LogP contribution in [0.5, 0.6) is 0 Å². The summed E-state index contributed by atoms with van der Waals surface area (Å²) in [6.45, 7) is 6.57. The Morgan fingerprint density at radius 2 is 2.38 bits per heavy atom. The lowest BCUT2D eigenvalue weighted by Crippen LogP contribution is -2.21. The third kappa shape index (κ3) is 3.57. The Morgan fingerprint density at radius 1 is 1.62 bits per heavy atom. The molecule has 13 heavy (non-hydrogen) atoms. The van der Waals surface area contributed by atoms with Gasteiger partial charge in [-0.15, -0.1) is 0 Å². The van der Waals surface area contributed by atoms with E-state index in [1.165, 1.54) is 0 Å². The van der Waals surface area contributed by atoms with E-state index >= 15 is 0 Å².